The van der Waals surface area contributed by atoms with Crippen molar-refractivity contribution in [3.8, 4) is 0 Å². The summed E-state index contributed by atoms with van der Waals surface area (Å²) in [5, 5.41) is 2.97. The lowest BCUT2D eigenvalue weighted by atomic mass is 10.2. The molecule has 1 aromatic rings. The van der Waals surface area contributed by atoms with E-state index in [-0.39, 0.29) is 11.9 Å². The molecular weight excluding hydrogens is 320 g/mol. The lowest BCUT2D eigenvalue weighted by Crippen LogP contribution is -2.51. The average molecular weight is 346 g/mol. The van der Waals surface area contributed by atoms with Crippen LogP contribution in [0.2, 0.25) is 0 Å². The number of nitrogens with one attached hydrogen (secondary N) is 1. The first-order valence-corrected chi connectivity index (χ1v) is 8.91. The predicted octanol–water partition coefficient (Wildman–Crippen LogP) is 0.486. The third-order valence-electron chi connectivity index (χ3n) is 4.68. The monoisotopic (exact) mass is 346 g/mol. The Morgan fingerprint density at radius 3 is 2.28 bits per heavy atom. The van der Waals surface area contributed by atoms with Crippen molar-refractivity contribution in [3.05, 3.63) is 35.9 Å². The van der Waals surface area contributed by atoms with Gasteiger partial charge in [-0.05, 0) is 12.1 Å². The van der Waals surface area contributed by atoms with Gasteiger partial charge in [-0.3, -0.25) is 9.69 Å². The van der Waals surface area contributed by atoms with Crippen molar-refractivity contribution in [2.45, 2.75) is 0 Å². The maximum Gasteiger partial charge on any atom is 0.317 e. The Labute approximate surface area is 148 Å². The van der Waals surface area contributed by atoms with Gasteiger partial charge in [0.1, 0.15) is 0 Å². The van der Waals surface area contributed by atoms with Crippen LogP contribution in [0.4, 0.5) is 4.79 Å². The van der Waals surface area contributed by atoms with Crippen LogP contribution in [0.15, 0.2) is 30.3 Å². The number of morpholine rings is 1. The van der Waals surface area contributed by atoms with Crippen LogP contribution in [0.3, 0.4) is 0 Å². The number of amides is 3. The second-order valence-electron chi connectivity index (χ2n) is 6.33. The Morgan fingerprint density at radius 1 is 0.920 bits per heavy atom. The SMILES string of the molecule is O=C(NCCN1CCN(C(=O)c2ccccc2)CC1)N1CCOCC1. The molecule has 136 valence electrons. The molecule has 2 aliphatic rings. The highest BCUT2D eigenvalue weighted by Crippen LogP contribution is 2.08. The van der Waals surface area contributed by atoms with Crippen LogP contribution in [0, 0.1) is 0 Å². The summed E-state index contributed by atoms with van der Waals surface area (Å²) >= 11 is 0. The molecule has 3 rings (SSSR count). The number of carbonyl (C=O) groups is 2. The summed E-state index contributed by atoms with van der Waals surface area (Å²) in [6.07, 6.45) is 0. The first-order valence-electron chi connectivity index (χ1n) is 8.91. The van der Waals surface area contributed by atoms with Crippen LogP contribution >= 0.6 is 0 Å². The molecule has 1 aromatic carbocycles. The quantitative estimate of drug-likeness (QED) is 0.862. The van der Waals surface area contributed by atoms with E-state index in [1.807, 2.05) is 35.2 Å². The van der Waals surface area contributed by atoms with E-state index >= 15 is 0 Å². The first-order chi connectivity index (χ1) is 12.2. The molecule has 0 bridgehead atoms. The van der Waals surface area contributed by atoms with Crippen molar-refractivity contribution in [1.82, 2.24) is 20.0 Å². The van der Waals surface area contributed by atoms with Gasteiger partial charge < -0.3 is 19.9 Å². The van der Waals surface area contributed by atoms with Gasteiger partial charge in [0.25, 0.3) is 5.91 Å². The fraction of sp³-hybridized carbons (Fsp3) is 0.556. The molecule has 2 heterocycles. The van der Waals surface area contributed by atoms with Crippen LogP contribution in [0.1, 0.15) is 10.4 Å². The van der Waals surface area contributed by atoms with E-state index < -0.39 is 0 Å². The maximum atomic E-state index is 12.4. The Balaban J connectivity index is 1.35. The molecule has 0 spiro atoms. The van der Waals surface area contributed by atoms with Crippen LogP contribution in [-0.4, -0.2) is 92.2 Å². The molecule has 7 heteroatoms. The minimum Gasteiger partial charge on any atom is -0.378 e. The Hall–Kier alpha value is -2.12. The number of rotatable bonds is 4. The van der Waals surface area contributed by atoms with E-state index in [2.05, 4.69) is 10.2 Å². The first kappa shape index (κ1) is 17.7. The van der Waals surface area contributed by atoms with E-state index in [0.717, 1.165) is 38.3 Å². The summed E-state index contributed by atoms with van der Waals surface area (Å²) in [6.45, 7) is 7.12. The number of benzene rings is 1. The van der Waals surface area contributed by atoms with Crippen molar-refractivity contribution in [3.63, 3.8) is 0 Å². The third-order valence-corrected chi connectivity index (χ3v) is 4.68. The maximum absolute atomic E-state index is 12.4. The van der Waals surface area contributed by atoms with E-state index in [4.69, 9.17) is 4.74 Å². The summed E-state index contributed by atoms with van der Waals surface area (Å²) in [7, 11) is 0. The van der Waals surface area contributed by atoms with Gasteiger partial charge in [-0.15, -0.1) is 0 Å². The second-order valence-corrected chi connectivity index (χ2v) is 6.33. The highest BCUT2D eigenvalue weighted by molar-refractivity contribution is 5.94. The number of nitrogens with zero attached hydrogens (tertiary/aromatic N) is 3. The van der Waals surface area contributed by atoms with Crippen molar-refractivity contribution < 1.29 is 14.3 Å². The molecule has 0 unspecified atom stereocenters. The molecule has 25 heavy (non-hydrogen) atoms. The lowest BCUT2D eigenvalue weighted by molar-refractivity contribution is 0.0526. The van der Waals surface area contributed by atoms with E-state index in [1.165, 1.54) is 0 Å². The molecule has 0 saturated carbocycles. The summed E-state index contributed by atoms with van der Waals surface area (Å²) < 4.78 is 5.25. The largest absolute Gasteiger partial charge is 0.378 e. The van der Waals surface area contributed by atoms with Crippen LogP contribution in [-0.2, 0) is 4.74 Å². The minimum absolute atomic E-state index is 0.0128. The van der Waals surface area contributed by atoms with Crippen LogP contribution in [0.5, 0.6) is 0 Å². The van der Waals surface area contributed by atoms with Crippen molar-refractivity contribution in [2.75, 3.05) is 65.6 Å². The molecule has 0 aromatic heterocycles. The van der Waals surface area contributed by atoms with Gasteiger partial charge in [-0.25, -0.2) is 4.79 Å². The van der Waals surface area contributed by atoms with Crippen LogP contribution in [0.25, 0.3) is 0 Å². The minimum atomic E-state index is -0.0128. The zero-order valence-electron chi connectivity index (χ0n) is 14.5. The zero-order valence-corrected chi connectivity index (χ0v) is 14.5. The molecule has 1 N–H and O–H groups in total. The summed E-state index contributed by atoms with van der Waals surface area (Å²) in [6, 6.07) is 9.40. The fourth-order valence-corrected chi connectivity index (χ4v) is 3.14. The van der Waals surface area contributed by atoms with Gasteiger partial charge in [0, 0.05) is 57.9 Å². The summed E-state index contributed by atoms with van der Waals surface area (Å²) in [4.78, 5) is 30.4. The average Bonchev–Trinajstić information content (AvgIpc) is 2.69. The molecular formula is C18H26N4O3. The molecule has 2 fully saturated rings. The molecule has 0 radical (unpaired) electrons. The fourth-order valence-electron chi connectivity index (χ4n) is 3.14. The van der Waals surface area contributed by atoms with Gasteiger partial charge in [-0.2, -0.15) is 0 Å². The molecule has 7 nitrogen and oxygen atoms in total. The highest BCUT2D eigenvalue weighted by Gasteiger charge is 2.22. The Bertz CT molecular complexity index is 567. The van der Waals surface area contributed by atoms with E-state index in [9.17, 15) is 9.59 Å². The van der Waals surface area contributed by atoms with Crippen molar-refractivity contribution in [2.24, 2.45) is 0 Å². The van der Waals surface area contributed by atoms with Gasteiger partial charge in [0.05, 0.1) is 13.2 Å². The summed E-state index contributed by atoms with van der Waals surface area (Å²) in [5.41, 5.74) is 0.744. The molecule has 0 atom stereocenters. The van der Waals surface area contributed by atoms with Gasteiger partial charge >= 0.3 is 6.03 Å². The van der Waals surface area contributed by atoms with Crippen molar-refractivity contribution >= 4 is 11.9 Å². The predicted molar refractivity (Wildman–Crippen MR) is 94.6 cm³/mol. The molecule has 3 amide bonds. The topological polar surface area (TPSA) is 65.1 Å². The number of hydrogen-bond donors (Lipinski definition) is 1. The smallest absolute Gasteiger partial charge is 0.317 e. The third kappa shape index (κ3) is 4.93. The number of carbonyl (C=O) groups excluding carboxylic acids is 2. The summed E-state index contributed by atoms with van der Waals surface area (Å²) in [5.74, 6) is 0.0980. The lowest BCUT2D eigenvalue weighted by Gasteiger charge is -2.35. The molecule has 2 saturated heterocycles. The van der Waals surface area contributed by atoms with E-state index in [0.29, 0.717) is 32.8 Å². The van der Waals surface area contributed by atoms with E-state index in [1.54, 1.807) is 4.90 Å². The molecule has 2 aliphatic heterocycles. The van der Waals surface area contributed by atoms with Crippen LogP contribution < -0.4 is 5.32 Å². The second kappa shape index (κ2) is 8.82. The number of ether oxygens (including phenoxy) is 1. The van der Waals surface area contributed by atoms with Gasteiger partial charge in [0.15, 0.2) is 0 Å². The van der Waals surface area contributed by atoms with Gasteiger partial charge in [0.2, 0.25) is 0 Å². The highest BCUT2D eigenvalue weighted by atomic mass is 16.5. The Morgan fingerprint density at radius 2 is 1.60 bits per heavy atom. The standard InChI is InChI=1S/C18H26N4O3/c23-17(16-4-2-1-3-5-16)21-10-8-20(9-11-21)7-6-19-18(24)22-12-14-25-15-13-22/h1-5H,6-15H2,(H,19,24). The Kier molecular flexibility index (Phi) is 6.25. The van der Waals surface area contributed by atoms with Crippen molar-refractivity contribution in [1.29, 1.82) is 0 Å². The number of piperazine rings is 1. The number of urea groups is 1. The van der Waals surface area contributed by atoms with Gasteiger partial charge in [-0.1, -0.05) is 18.2 Å². The molecule has 0 aliphatic carbocycles. The number of hydrogen-bond acceptors (Lipinski definition) is 4. The zero-order chi connectivity index (χ0) is 17.5. The normalized spacial score (nSPS) is 18.9.